The second kappa shape index (κ2) is 8.18. The summed E-state index contributed by atoms with van der Waals surface area (Å²) in [7, 11) is 3.17. The number of hydrogen-bond acceptors (Lipinski definition) is 8. The number of carbonyl (C=O) groups excluding carboxylic acids is 1. The summed E-state index contributed by atoms with van der Waals surface area (Å²) in [6.07, 6.45) is 5.39. The maximum absolute atomic E-state index is 11.0. The number of hydrogen-bond donors (Lipinski definition) is 0. The summed E-state index contributed by atoms with van der Waals surface area (Å²) >= 11 is 0. The predicted molar refractivity (Wildman–Crippen MR) is 115 cm³/mol. The van der Waals surface area contributed by atoms with Crippen molar-refractivity contribution in [2.24, 2.45) is 0 Å². The summed E-state index contributed by atoms with van der Waals surface area (Å²) < 4.78 is 24.8. The van der Waals surface area contributed by atoms with Gasteiger partial charge in [0, 0.05) is 29.6 Å². The van der Waals surface area contributed by atoms with Crippen LogP contribution >= 0.6 is 0 Å². The first-order valence-corrected chi connectivity index (χ1v) is 9.95. The van der Waals surface area contributed by atoms with E-state index in [0.29, 0.717) is 53.0 Å². The van der Waals surface area contributed by atoms with Gasteiger partial charge in [0.1, 0.15) is 12.1 Å². The van der Waals surface area contributed by atoms with E-state index >= 15 is 0 Å². The SMILES string of the molecule is COc1ccc(C2COc3cc(Cn4cnc5cc(C=O)cnc54)cc(OC)c3O2)cn1. The van der Waals surface area contributed by atoms with Crippen LogP contribution in [0.1, 0.15) is 27.6 Å². The van der Waals surface area contributed by atoms with Gasteiger partial charge in [-0.3, -0.25) is 4.79 Å². The number of aromatic nitrogens is 4. The van der Waals surface area contributed by atoms with Gasteiger partial charge < -0.3 is 23.5 Å². The second-order valence-corrected chi connectivity index (χ2v) is 7.28. The van der Waals surface area contributed by atoms with Crippen LogP contribution in [-0.4, -0.2) is 46.6 Å². The number of carbonyl (C=O) groups is 1. The van der Waals surface area contributed by atoms with E-state index in [2.05, 4.69) is 15.0 Å². The van der Waals surface area contributed by atoms with Gasteiger partial charge >= 0.3 is 0 Å². The molecule has 9 heteroatoms. The van der Waals surface area contributed by atoms with Gasteiger partial charge in [-0.25, -0.2) is 15.0 Å². The van der Waals surface area contributed by atoms with Crippen LogP contribution < -0.4 is 18.9 Å². The molecular weight excluding hydrogens is 412 g/mol. The molecule has 0 N–H and O–H groups in total. The van der Waals surface area contributed by atoms with E-state index in [0.717, 1.165) is 17.4 Å². The van der Waals surface area contributed by atoms with Crippen molar-refractivity contribution in [2.75, 3.05) is 20.8 Å². The lowest BCUT2D eigenvalue weighted by molar-refractivity contribution is 0.0867. The first kappa shape index (κ1) is 19.8. The van der Waals surface area contributed by atoms with E-state index in [1.807, 2.05) is 22.8 Å². The molecule has 1 atom stereocenters. The van der Waals surface area contributed by atoms with Crippen LogP contribution in [0.5, 0.6) is 23.1 Å². The number of aldehydes is 1. The zero-order chi connectivity index (χ0) is 22.1. The summed E-state index contributed by atoms with van der Waals surface area (Å²) in [4.78, 5) is 23.9. The van der Waals surface area contributed by atoms with E-state index in [9.17, 15) is 4.79 Å². The van der Waals surface area contributed by atoms with Crippen molar-refractivity contribution in [3.8, 4) is 23.1 Å². The van der Waals surface area contributed by atoms with Gasteiger partial charge in [0.15, 0.2) is 29.5 Å². The van der Waals surface area contributed by atoms with Gasteiger partial charge in [-0.1, -0.05) is 0 Å². The van der Waals surface area contributed by atoms with Crippen molar-refractivity contribution < 1.29 is 23.7 Å². The molecule has 0 saturated heterocycles. The molecule has 3 aromatic heterocycles. The Balaban J connectivity index is 1.42. The number of methoxy groups -OCH3 is 2. The molecule has 0 spiro atoms. The number of imidazole rings is 1. The molecule has 9 nitrogen and oxygen atoms in total. The average molecular weight is 432 g/mol. The molecule has 0 fully saturated rings. The van der Waals surface area contributed by atoms with Crippen molar-refractivity contribution in [3.63, 3.8) is 0 Å². The fourth-order valence-corrected chi connectivity index (χ4v) is 3.65. The first-order chi connectivity index (χ1) is 15.7. The molecule has 0 amide bonds. The summed E-state index contributed by atoms with van der Waals surface area (Å²) in [5.74, 6) is 2.27. The minimum atomic E-state index is -0.311. The third-order valence-corrected chi connectivity index (χ3v) is 5.26. The molecule has 162 valence electrons. The average Bonchev–Trinajstić information content (AvgIpc) is 3.25. The monoisotopic (exact) mass is 432 g/mol. The molecule has 32 heavy (non-hydrogen) atoms. The summed E-state index contributed by atoms with van der Waals surface area (Å²) in [6, 6.07) is 9.23. The van der Waals surface area contributed by atoms with Crippen LogP contribution in [0.15, 0.2) is 49.1 Å². The van der Waals surface area contributed by atoms with Crippen molar-refractivity contribution in [2.45, 2.75) is 12.6 Å². The number of ether oxygens (including phenoxy) is 4. The number of nitrogens with zero attached hydrogens (tertiary/aromatic N) is 4. The quantitative estimate of drug-likeness (QED) is 0.429. The van der Waals surface area contributed by atoms with Gasteiger partial charge in [0.25, 0.3) is 0 Å². The number of benzene rings is 1. The van der Waals surface area contributed by atoms with Crippen molar-refractivity contribution in [1.29, 1.82) is 0 Å². The van der Waals surface area contributed by atoms with Gasteiger partial charge in [0.05, 0.1) is 27.1 Å². The van der Waals surface area contributed by atoms with Crippen LogP contribution in [0.25, 0.3) is 11.2 Å². The molecule has 0 aliphatic carbocycles. The van der Waals surface area contributed by atoms with Crippen LogP contribution in [0.4, 0.5) is 0 Å². The Bertz CT molecular complexity index is 1270. The molecular formula is C23H20N4O5. The van der Waals surface area contributed by atoms with Gasteiger partial charge in [-0.05, 0) is 29.8 Å². The molecule has 1 aliphatic rings. The standard InChI is InChI=1S/C23H20N4O5/c1-29-18-6-14(10-27-13-26-17-5-15(11-28)8-25-23(17)27)7-19-22(18)32-20(12-31-19)16-3-4-21(30-2)24-9-16/h3-9,11,13,20H,10,12H2,1-2H3. The van der Waals surface area contributed by atoms with E-state index in [1.54, 1.807) is 38.9 Å². The van der Waals surface area contributed by atoms with E-state index in [4.69, 9.17) is 18.9 Å². The smallest absolute Gasteiger partial charge is 0.212 e. The van der Waals surface area contributed by atoms with Gasteiger partial charge in [-0.2, -0.15) is 0 Å². The largest absolute Gasteiger partial charge is 0.493 e. The maximum atomic E-state index is 11.0. The maximum Gasteiger partial charge on any atom is 0.212 e. The first-order valence-electron chi connectivity index (χ1n) is 9.95. The minimum Gasteiger partial charge on any atom is -0.493 e. The van der Waals surface area contributed by atoms with Crippen LogP contribution in [-0.2, 0) is 6.54 Å². The molecule has 1 aliphatic heterocycles. The van der Waals surface area contributed by atoms with Crippen molar-refractivity contribution >= 4 is 17.5 Å². The van der Waals surface area contributed by atoms with Crippen LogP contribution in [0.3, 0.4) is 0 Å². The molecule has 1 aromatic carbocycles. The van der Waals surface area contributed by atoms with Gasteiger partial charge in [-0.15, -0.1) is 0 Å². The third kappa shape index (κ3) is 3.58. The highest BCUT2D eigenvalue weighted by molar-refractivity contribution is 5.82. The Morgan fingerprint density at radius 3 is 2.78 bits per heavy atom. The number of rotatable bonds is 6. The highest BCUT2D eigenvalue weighted by Gasteiger charge is 2.27. The Morgan fingerprint density at radius 2 is 2.03 bits per heavy atom. The Hall–Kier alpha value is -4.14. The molecule has 4 aromatic rings. The van der Waals surface area contributed by atoms with Crippen molar-refractivity contribution in [1.82, 2.24) is 19.5 Å². The van der Waals surface area contributed by atoms with Crippen LogP contribution in [0.2, 0.25) is 0 Å². The molecule has 4 heterocycles. The van der Waals surface area contributed by atoms with Crippen molar-refractivity contribution in [3.05, 3.63) is 65.7 Å². The fourth-order valence-electron chi connectivity index (χ4n) is 3.65. The minimum absolute atomic E-state index is 0.311. The lowest BCUT2D eigenvalue weighted by Gasteiger charge is -2.28. The zero-order valence-electron chi connectivity index (χ0n) is 17.5. The van der Waals surface area contributed by atoms with Crippen LogP contribution in [0, 0.1) is 0 Å². The lowest BCUT2D eigenvalue weighted by Crippen LogP contribution is -2.22. The fraction of sp³-hybridized carbons (Fsp3) is 0.217. The normalized spacial score (nSPS) is 14.9. The third-order valence-electron chi connectivity index (χ3n) is 5.26. The lowest BCUT2D eigenvalue weighted by atomic mass is 10.1. The Morgan fingerprint density at radius 1 is 1.12 bits per heavy atom. The summed E-state index contributed by atoms with van der Waals surface area (Å²) in [6.45, 7) is 0.848. The molecule has 0 saturated carbocycles. The van der Waals surface area contributed by atoms with E-state index in [1.165, 1.54) is 6.20 Å². The topological polar surface area (TPSA) is 97.6 Å². The summed E-state index contributed by atoms with van der Waals surface area (Å²) in [5.41, 5.74) is 3.67. The number of pyridine rings is 2. The highest BCUT2D eigenvalue weighted by Crippen LogP contribution is 2.44. The van der Waals surface area contributed by atoms with E-state index in [-0.39, 0.29) is 6.10 Å². The van der Waals surface area contributed by atoms with E-state index < -0.39 is 0 Å². The summed E-state index contributed by atoms with van der Waals surface area (Å²) in [5, 5.41) is 0. The molecule has 0 radical (unpaired) electrons. The number of fused-ring (bicyclic) bond motifs is 2. The molecule has 0 bridgehead atoms. The zero-order valence-corrected chi connectivity index (χ0v) is 17.5. The second-order valence-electron chi connectivity index (χ2n) is 7.28. The Labute approximate surface area is 183 Å². The molecule has 5 rings (SSSR count). The highest BCUT2D eigenvalue weighted by atomic mass is 16.6. The van der Waals surface area contributed by atoms with Gasteiger partial charge in [0.2, 0.25) is 11.6 Å². The molecule has 1 unspecified atom stereocenters. The Kier molecular flexibility index (Phi) is 5.06. The predicted octanol–water partition coefficient (Wildman–Crippen LogP) is 3.22.